The Labute approximate surface area is 83.1 Å². The minimum absolute atomic E-state index is 0.307. The molecule has 0 aromatic heterocycles. The largest absolute Gasteiger partial charge is 0.0925 e. The van der Waals surface area contributed by atoms with Gasteiger partial charge in [-0.3, -0.25) is 0 Å². The van der Waals surface area contributed by atoms with Crippen molar-refractivity contribution in [2.24, 2.45) is 11.3 Å². The lowest BCUT2D eigenvalue weighted by Crippen LogP contribution is -2.21. The Bertz CT molecular complexity index is 135. The molecule has 0 saturated heterocycles. The summed E-state index contributed by atoms with van der Waals surface area (Å²) >= 11 is 9.22. The van der Waals surface area contributed by atoms with Crippen molar-refractivity contribution in [3.8, 4) is 0 Å². The molecule has 1 unspecified atom stereocenters. The molecule has 0 spiro atoms. The van der Waals surface area contributed by atoms with Crippen LogP contribution in [0.3, 0.4) is 0 Å². The summed E-state index contributed by atoms with van der Waals surface area (Å²) in [6.45, 7) is 10.4. The maximum Gasteiger partial charge on any atom is 0.0112 e. The lowest BCUT2D eigenvalue weighted by Gasteiger charge is -2.28. The second kappa shape index (κ2) is 4.51. The molecule has 0 heterocycles. The molecular formula is C9H16BrCl. The van der Waals surface area contributed by atoms with Crippen LogP contribution in [-0.2, 0) is 0 Å². The van der Waals surface area contributed by atoms with E-state index in [-0.39, 0.29) is 0 Å². The van der Waals surface area contributed by atoms with Crippen LogP contribution in [0.25, 0.3) is 0 Å². The van der Waals surface area contributed by atoms with Crippen LogP contribution in [0.4, 0.5) is 0 Å². The zero-order valence-electron chi connectivity index (χ0n) is 7.45. The van der Waals surface area contributed by atoms with Gasteiger partial charge in [0.2, 0.25) is 0 Å². The van der Waals surface area contributed by atoms with Gasteiger partial charge in [-0.15, -0.1) is 0 Å². The fourth-order valence-corrected chi connectivity index (χ4v) is 2.25. The van der Waals surface area contributed by atoms with Crippen LogP contribution >= 0.6 is 27.5 Å². The van der Waals surface area contributed by atoms with Crippen LogP contribution in [0, 0.1) is 11.3 Å². The van der Waals surface area contributed by atoms with E-state index in [2.05, 4.69) is 43.3 Å². The number of allylic oxidation sites excluding steroid dienone is 1. The van der Waals surface area contributed by atoms with Crippen molar-refractivity contribution in [3.63, 3.8) is 0 Å². The summed E-state index contributed by atoms with van der Waals surface area (Å²) in [7, 11) is 0. The van der Waals surface area contributed by atoms with E-state index in [0.29, 0.717) is 11.3 Å². The topological polar surface area (TPSA) is 0 Å². The fourth-order valence-electron chi connectivity index (χ4n) is 0.860. The van der Waals surface area contributed by atoms with Gasteiger partial charge in [-0.1, -0.05) is 54.9 Å². The zero-order chi connectivity index (χ0) is 9.07. The fraction of sp³-hybridized carbons (Fsp3) is 0.778. The smallest absolute Gasteiger partial charge is 0.0112 e. The summed E-state index contributed by atoms with van der Waals surface area (Å²) in [6.07, 6.45) is 0.899. The minimum atomic E-state index is 0.307. The average molecular weight is 240 g/mol. The van der Waals surface area contributed by atoms with E-state index in [9.17, 15) is 0 Å². The summed E-state index contributed by atoms with van der Waals surface area (Å²) in [5.74, 6) is 0.576. The minimum Gasteiger partial charge on any atom is -0.0925 e. The van der Waals surface area contributed by atoms with Crippen molar-refractivity contribution in [3.05, 3.63) is 11.6 Å². The van der Waals surface area contributed by atoms with Crippen LogP contribution < -0.4 is 0 Å². The molecule has 0 saturated carbocycles. The molecule has 0 nitrogen and oxygen atoms in total. The molecule has 11 heavy (non-hydrogen) atoms. The third kappa shape index (κ3) is 4.86. The highest BCUT2D eigenvalue weighted by Gasteiger charge is 2.23. The molecule has 0 aromatic rings. The number of rotatable bonds is 3. The van der Waals surface area contributed by atoms with Gasteiger partial charge in [-0.25, -0.2) is 0 Å². The lowest BCUT2D eigenvalue weighted by atomic mass is 9.80. The Kier molecular flexibility index (Phi) is 4.72. The molecule has 1 atom stereocenters. The van der Waals surface area contributed by atoms with E-state index < -0.39 is 0 Å². The van der Waals surface area contributed by atoms with Gasteiger partial charge in [0.1, 0.15) is 0 Å². The highest BCUT2D eigenvalue weighted by molar-refractivity contribution is 9.09. The van der Waals surface area contributed by atoms with E-state index in [1.165, 1.54) is 0 Å². The van der Waals surface area contributed by atoms with Crippen molar-refractivity contribution in [2.45, 2.75) is 27.2 Å². The van der Waals surface area contributed by atoms with E-state index in [4.69, 9.17) is 11.6 Å². The van der Waals surface area contributed by atoms with Gasteiger partial charge in [0.25, 0.3) is 0 Å². The Morgan fingerprint density at radius 1 is 1.55 bits per heavy atom. The first kappa shape index (κ1) is 11.5. The molecule has 0 aliphatic rings. The Balaban J connectivity index is 4.07. The number of hydrogen-bond acceptors (Lipinski definition) is 0. The van der Waals surface area contributed by atoms with Crippen molar-refractivity contribution in [2.75, 3.05) is 5.33 Å². The van der Waals surface area contributed by atoms with Crippen molar-refractivity contribution in [1.29, 1.82) is 0 Å². The van der Waals surface area contributed by atoms with Gasteiger partial charge in [-0.2, -0.15) is 0 Å². The van der Waals surface area contributed by atoms with Crippen LogP contribution in [0.5, 0.6) is 0 Å². The van der Waals surface area contributed by atoms with Crippen molar-refractivity contribution in [1.82, 2.24) is 0 Å². The summed E-state index contributed by atoms with van der Waals surface area (Å²) in [6, 6.07) is 0. The van der Waals surface area contributed by atoms with Crippen LogP contribution in [-0.4, -0.2) is 5.33 Å². The van der Waals surface area contributed by atoms with Crippen LogP contribution in [0.2, 0.25) is 0 Å². The molecule has 0 amide bonds. The maximum atomic E-state index is 5.74. The normalized spacial score (nSPS) is 14.6. The quantitative estimate of drug-likeness (QED) is 0.648. The molecule has 0 rings (SSSR count). The first-order valence-corrected chi connectivity index (χ1v) is 5.27. The summed E-state index contributed by atoms with van der Waals surface area (Å²) < 4.78 is 0. The molecule has 0 aliphatic heterocycles. The highest BCUT2D eigenvalue weighted by atomic mass is 79.9. The standard InChI is InChI=1S/C9H16BrCl/c1-7(11)5-8(6-10)9(2,3)4/h8H,1,5-6H2,2-4H3. The average Bonchev–Trinajstić information content (AvgIpc) is 1.79. The van der Waals surface area contributed by atoms with Gasteiger partial charge in [-0.05, 0) is 17.8 Å². The van der Waals surface area contributed by atoms with Gasteiger partial charge < -0.3 is 0 Å². The third-order valence-corrected chi connectivity index (χ3v) is 2.81. The monoisotopic (exact) mass is 238 g/mol. The first-order valence-electron chi connectivity index (χ1n) is 3.77. The predicted octanol–water partition coefficient (Wildman–Crippen LogP) is 4.19. The number of hydrogen-bond donors (Lipinski definition) is 0. The first-order chi connectivity index (χ1) is 4.88. The van der Waals surface area contributed by atoms with E-state index >= 15 is 0 Å². The molecule has 2 heteroatoms. The third-order valence-electron chi connectivity index (χ3n) is 1.88. The predicted molar refractivity (Wildman–Crippen MR) is 56.3 cm³/mol. The van der Waals surface area contributed by atoms with Gasteiger partial charge in [0.05, 0.1) is 0 Å². The Hall–Kier alpha value is 0.510. The van der Waals surface area contributed by atoms with E-state index in [1.54, 1.807) is 0 Å². The maximum absolute atomic E-state index is 5.74. The van der Waals surface area contributed by atoms with Crippen molar-refractivity contribution >= 4 is 27.5 Å². The molecular weight excluding hydrogens is 223 g/mol. The Morgan fingerprint density at radius 3 is 2.09 bits per heavy atom. The van der Waals surface area contributed by atoms with E-state index in [1.807, 2.05) is 0 Å². The van der Waals surface area contributed by atoms with Crippen LogP contribution in [0.15, 0.2) is 11.6 Å². The van der Waals surface area contributed by atoms with E-state index in [0.717, 1.165) is 16.8 Å². The molecule has 66 valence electrons. The van der Waals surface area contributed by atoms with Gasteiger partial charge >= 0.3 is 0 Å². The highest BCUT2D eigenvalue weighted by Crippen LogP contribution is 2.32. The lowest BCUT2D eigenvalue weighted by molar-refractivity contribution is 0.269. The van der Waals surface area contributed by atoms with Crippen LogP contribution in [0.1, 0.15) is 27.2 Å². The second-order valence-electron chi connectivity index (χ2n) is 3.94. The molecule has 0 fully saturated rings. The molecule has 0 aliphatic carbocycles. The summed E-state index contributed by atoms with van der Waals surface area (Å²) in [5, 5.41) is 1.74. The van der Waals surface area contributed by atoms with Crippen molar-refractivity contribution < 1.29 is 0 Å². The molecule has 0 radical (unpaired) electrons. The SMILES string of the molecule is C=C(Cl)CC(CBr)C(C)(C)C. The van der Waals surface area contributed by atoms with Gasteiger partial charge in [0, 0.05) is 10.4 Å². The number of halogens is 2. The van der Waals surface area contributed by atoms with Gasteiger partial charge in [0.15, 0.2) is 0 Å². The molecule has 0 aromatic carbocycles. The summed E-state index contributed by atoms with van der Waals surface area (Å²) in [4.78, 5) is 0. The second-order valence-corrected chi connectivity index (χ2v) is 5.12. The summed E-state index contributed by atoms with van der Waals surface area (Å²) in [5.41, 5.74) is 0.307. The Morgan fingerprint density at radius 2 is 2.00 bits per heavy atom. The zero-order valence-corrected chi connectivity index (χ0v) is 9.80. The number of alkyl halides is 1. The molecule has 0 N–H and O–H groups in total. The molecule has 0 bridgehead atoms.